The van der Waals surface area contributed by atoms with Gasteiger partial charge in [0, 0.05) is 17.9 Å². The second kappa shape index (κ2) is 3.92. The quantitative estimate of drug-likeness (QED) is 0.639. The first-order valence-electron chi connectivity index (χ1n) is 7.09. The number of esters is 1. The Morgan fingerprint density at radius 1 is 1.30 bits per heavy atom. The minimum Gasteiger partial charge on any atom is -0.457 e. The van der Waals surface area contributed by atoms with Crippen LogP contribution in [0.15, 0.2) is 11.1 Å². The lowest BCUT2D eigenvalue weighted by atomic mass is 9.77. The monoisotopic (exact) mass is 280 g/mol. The average molecular weight is 280 g/mol. The molecule has 0 amide bonds. The number of aliphatic hydroxyl groups is 2. The van der Waals surface area contributed by atoms with E-state index < -0.39 is 17.3 Å². The molecule has 0 radical (unpaired) electrons. The van der Waals surface area contributed by atoms with Crippen molar-refractivity contribution in [3.63, 3.8) is 0 Å². The van der Waals surface area contributed by atoms with Crippen LogP contribution in [0.1, 0.15) is 40.0 Å². The molecule has 1 saturated carbocycles. The van der Waals surface area contributed by atoms with Crippen molar-refractivity contribution in [1.29, 1.82) is 0 Å². The van der Waals surface area contributed by atoms with E-state index >= 15 is 0 Å². The number of allylic oxidation sites excluding steroid dienone is 1. The zero-order valence-corrected chi connectivity index (χ0v) is 12.0. The number of Topliss-reactive ketones (excluding diaryl/α,β-unsaturated/α-hetero) is 1. The molecule has 0 spiro atoms. The molecule has 0 bridgehead atoms. The van der Waals surface area contributed by atoms with E-state index in [-0.39, 0.29) is 30.0 Å². The lowest BCUT2D eigenvalue weighted by molar-refractivity contribution is -0.148. The van der Waals surface area contributed by atoms with Crippen LogP contribution < -0.4 is 0 Å². The fraction of sp³-hybridized carbons (Fsp3) is 0.733. The summed E-state index contributed by atoms with van der Waals surface area (Å²) < 4.78 is 5.43. The van der Waals surface area contributed by atoms with Gasteiger partial charge in [-0.1, -0.05) is 6.92 Å². The summed E-state index contributed by atoms with van der Waals surface area (Å²) in [7, 11) is 0. The molecule has 5 nitrogen and oxygen atoms in total. The summed E-state index contributed by atoms with van der Waals surface area (Å²) in [4.78, 5) is 23.8. The molecule has 20 heavy (non-hydrogen) atoms. The van der Waals surface area contributed by atoms with E-state index in [9.17, 15) is 19.8 Å². The zero-order valence-electron chi connectivity index (χ0n) is 12.0. The fourth-order valence-corrected chi connectivity index (χ4v) is 3.94. The molecule has 3 aliphatic rings. The minimum absolute atomic E-state index is 0.0844. The van der Waals surface area contributed by atoms with E-state index in [0.29, 0.717) is 24.0 Å². The van der Waals surface area contributed by atoms with Gasteiger partial charge in [0.2, 0.25) is 0 Å². The number of hydrogen-bond acceptors (Lipinski definition) is 5. The highest BCUT2D eigenvalue weighted by Crippen LogP contribution is 2.53. The molecule has 1 heterocycles. The smallest absolute Gasteiger partial charge is 0.309 e. The molecular formula is C15H20O5. The predicted octanol–water partition coefficient (Wildman–Crippen LogP) is 0.729. The Kier molecular flexibility index (Phi) is 2.70. The molecule has 0 aromatic heterocycles. The number of hydrogen-bond donors (Lipinski definition) is 2. The molecule has 1 saturated heterocycles. The third-order valence-corrected chi connectivity index (χ3v) is 5.47. The second-order valence-electron chi connectivity index (χ2n) is 6.62. The molecule has 110 valence electrons. The van der Waals surface area contributed by atoms with Gasteiger partial charge in [0.05, 0.1) is 11.5 Å². The number of carbonyl (C=O) groups excluding carboxylic acids is 2. The molecule has 0 aromatic rings. The lowest BCUT2D eigenvalue weighted by Gasteiger charge is -2.39. The summed E-state index contributed by atoms with van der Waals surface area (Å²) in [5, 5.41) is 21.6. The van der Waals surface area contributed by atoms with E-state index in [2.05, 4.69) is 0 Å². The Morgan fingerprint density at radius 3 is 2.60 bits per heavy atom. The van der Waals surface area contributed by atoms with Crippen LogP contribution in [-0.4, -0.2) is 39.3 Å². The Labute approximate surface area is 117 Å². The summed E-state index contributed by atoms with van der Waals surface area (Å²) in [6.07, 6.45) is 0.229. The van der Waals surface area contributed by atoms with Gasteiger partial charge in [-0.3, -0.25) is 9.59 Å². The summed E-state index contributed by atoms with van der Waals surface area (Å²) in [6.45, 7) is 5.01. The van der Waals surface area contributed by atoms with Crippen molar-refractivity contribution in [3.05, 3.63) is 11.1 Å². The number of rotatable bonds is 0. The lowest BCUT2D eigenvalue weighted by Crippen LogP contribution is -2.53. The maximum absolute atomic E-state index is 12.0. The summed E-state index contributed by atoms with van der Waals surface area (Å²) in [5.41, 5.74) is -2.14. The van der Waals surface area contributed by atoms with E-state index in [4.69, 9.17) is 4.74 Å². The van der Waals surface area contributed by atoms with Crippen LogP contribution in [0, 0.1) is 11.8 Å². The highest BCUT2D eigenvalue weighted by molar-refractivity contribution is 6.01. The number of carbonyl (C=O) groups is 2. The number of fused-ring (bicyclic) bond motifs is 3. The van der Waals surface area contributed by atoms with E-state index in [1.54, 1.807) is 20.8 Å². The maximum atomic E-state index is 12.0. The van der Waals surface area contributed by atoms with Crippen LogP contribution in [0.3, 0.4) is 0 Å². The SMILES string of the molecule is CC1=C2[C@H]3OC(=O)[C@@H](C)[C@@H]3CC[C@@](C)(O)[C@@]2(O)CC1=O. The van der Waals surface area contributed by atoms with Crippen LogP contribution in [0.2, 0.25) is 0 Å². The first kappa shape index (κ1) is 13.8. The molecule has 2 aliphatic carbocycles. The largest absolute Gasteiger partial charge is 0.457 e. The van der Waals surface area contributed by atoms with Gasteiger partial charge in [-0.15, -0.1) is 0 Å². The molecule has 0 unspecified atom stereocenters. The Morgan fingerprint density at radius 2 is 1.95 bits per heavy atom. The third kappa shape index (κ3) is 1.50. The predicted molar refractivity (Wildman–Crippen MR) is 69.7 cm³/mol. The van der Waals surface area contributed by atoms with Gasteiger partial charge in [0.25, 0.3) is 0 Å². The van der Waals surface area contributed by atoms with Gasteiger partial charge >= 0.3 is 5.97 Å². The van der Waals surface area contributed by atoms with Crippen molar-refractivity contribution < 1.29 is 24.5 Å². The highest BCUT2D eigenvalue weighted by atomic mass is 16.6. The van der Waals surface area contributed by atoms with Gasteiger partial charge in [-0.05, 0) is 32.3 Å². The van der Waals surface area contributed by atoms with Crippen LogP contribution in [0.25, 0.3) is 0 Å². The van der Waals surface area contributed by atoms with Crippen LogP contribution in [0.4, 0.5) is 0 Å². The van der Waals surface area contributed by atoms with E-state index in [0.717, 1.165) is 0 Å². The molecular weight excluding hydrogens is 260 g/mol. The van der Waals surface area contributed by atoms with Crippen LogP contribution in [-0.2, 0) is 14.3 Å². The summed E-state index contributed by atoms with van der Waals surface area (Å²) in [5.74, 6) is -0.824. The fourth-order valence-electron chi connectivity index (χ4n) is 3.94. The van der Waals surface area contributed by atoms with Gasteiger partial charge in [-0.25, -0.2) is 0 Å². The van der Waals surface area contributed by atoms with Crippen molar-refractivity contribution in [1.82, 2.24) is 0 Å². The Balaban J connectivity index is 2.17. The van der Waals surface area contributed by atoms with Crippen molar-refractivity contribution >= 4 is 11.8 Å². The van der Waals surface area contributed by atoms with Crippen molar-refractivity contribution in [3.8, 4) is 0 Å². The molecule has 5 heteroatoms. The Hall–Kier alpha value is -1.20. The molecule has 5 atom stereocenters. The van der Waals surface area contributed by atoms with Gasteiger partial charge in [-0.2, -0.15) is 0 Å². The van der Waals surface area contributed by atoms with Crippen molar-refractivity contribution in [2.24, 2.45) is 11.8 Å². The van der Waals surface area contributed by atoms with E-state index in [1.165, 1.54) is 0 Å². The zero-order chi connectivity index (χ0) is 14.9. The molecule has 2 N–H and O–H groups in total. The molecule has 3 rings (SSSR count). The maximum Gasteiger partial charge on any atom is 0.309 e. The molecule has 1 aliphatic heterocycles. The number of ketones is 1. The van der Waals surface area contributed by atoms with Crippen molar-refractivity contribution in [2.75, 3.05) is 0 Å². The summed E-state index contributed by atoms with van der Waals surface area (Å²) in [6, 6.07) is 0. The van der Waals surface area contributed by atoms with Gasteiger partial charge in [0.15, 0.2) is 5.78 Å². The second-order valence-corrected chi connectivity index (χ2v) is 6.62. The average Bonchev–Trinajstić information content (AvgIpc) is 2.71. The van der Waals surface area contributed by atoms with Crippen LogP contribution in [0.5, 0.6) is 0 Å². The topological polar surface area (TPSA) is 83.8 Å². The van der Waals surface area contributed by atoms with Gasteiger partial charge < -0.3 is 14.9 Å². The molecule has 2 fully saturated rings. The summed E-state index contributed by atoms with van der Waals surface area (Å²) >= 11 is 0. The normalized spacial score (nSPS) is 48.0. The minimum atomic E-state index is -1.61. The highest BCUT2D eigenvalue weighted by Gasteiger charge is 2.62. The van der Waals surface area contributed by atoms with E-state index in [1.807, 2.05) is 0 Å². The first-order chi connectivity index (χ1) is 9.19. The standard InChI is InChI=1S/C15H20O5/c1-7-9-4-5-14(3,18)15(19)6-10(16)8(2)11(15)12(9)20-13(7)17/h7,9,12,18-19H,4-6H2,1-3H3/t7-,9-,12-,14+,15+/m0/s1. The molecule has 0 aromatic carbocycles. The third-order valence-electron chi connectivity index (χ3n) is 5.47. The van der Waals surface area contributed by atoms with Crippen molar-refractivity contribution in [2.45, 2.75) is 57.3 Å². The first-order valence-corrected chi connectivity index (χ1v) is 7.09. The van der Waals surface area contributed by atoms with Gasteiger partial charge in [0.1, 0.15) is 11.7 Å². The van der Waals surface area contributed by atoms with Crippen LogP contribution >= 0.6 is 0 Å². The number of ether oxygens (including phenoxy) is 1. The Bertz CT molecular complexity index is 532.